The van der Waals surface area contributed by atoms with Crippen LogP contribution in [0.15, 0.2) is 0 Å². The molecule has 0 aromatic heterocycles. The summed E-state index contributed by atoms with van der Waals surface area (Å²) in [6, 6.07) is 0.867. The van der Waals surface area contributed by atoms with E-state index in [0.717, 1.165) is 19.4 Å². The molecule has 0 saturated carbocycles. The number of nitrogens with zero attached hydrogens (tertiary/aromatic N) is 1. The number of nitrogens with one attached hydrogen (secondary N) is 2. The fourth-order valence-electron chi connectivity index (χ4n) is 1.57. The third-order valence-electron chi connectivity index (χ3n) is 2.36. The van der Waals surface area contributed by atoms with Gasteiger partial charge in [0, 0.05) is 26.2 Å². The summed E-state index contributed by atoms with van der Waals surface area (Å²) in [6.07, 6.45) is 2.06. The minimum atomic E-state index is 0.0131. The molecule has 1 rings (SSSR count). The van der Waals surface area contributed by atoms with Crippen molar-refractivity contribution in [3.8, 4) is 0 Å². The Morgan fingerprint density at radius 3 is 2.77 bits per heavy atom. The first kappa shape index (κ1) is 10.3. The van der Waals surface area contributed by atoms with Crippen molar-refractivity contribution in [2.75, 3.05) is 20.6 Å². The highest BCUT2D eigenvalue weighted by Crippen LogP contribution is 2.07. The van der Waals surface area contributed by atoms with E-state index in [4.69, 9.17) is 0 Å². The maximum Gasteiger partial charge on any atom is 0.317 e. The van der Waals surface area contributed by atoms with E-state index in [1.807, 2.05) is 0 Å². The van der Waals surface area contributed by atoms with Crippen LogP contribution in [0.4, 0.5) is 4.79 Å². The minimum Gasteiger partial charge on any atom is -0.335 e. The van der Waals surface area contributed by atoms with Crippen molar-refractivity contribution in [3.63, 3.8) is 0 Å². The first-order valence-corrected chi connectivity index (χ1v) is 4.81. The van der Waals surface area contributed by atoms with Gasteiger partial charge < -0.3 is 15.5 Å². The summed E-state index contributed by atoms with van der Waals surface area (Å²) in [4.78, 5) is 12.9. The van der Waals surface area contributed by atoms with Crippen LogP contribution in [0.5, 0.6) is 0 Å². The molecule has 76 valence electrons. The molecule has 2 amide bonds. The normalized spacial score (nSPS) is 28.2. The molecule has 1 saturated heterocycles. The van der Waals surface area contributed by atoms with E-state index >= 15 is 0 Å². The van der Waals surface area contributed by atoms with Crippen LogP contribution in [-0.4, -0.2) is 43.7 Å². The summed E-state index contributed by atoms with van der Waals surface area (Å²) in [6.45, 7) is 3.15. The lowest BCUT2D eigenvalue weighted by Gasteiger charge is -2.29. The van der Waals surface area contributed by atoms with Crippen LogP contribution in [-0.2, 0) is 0 Å². The molecule has 0 radical (unpaired) electrons. The molecule has 0 bridgehead atoms. The molecule has 13 heavy (non-hydrogen) atoms. The second-order valence-electron chi connectivity index (χ2n) is 3.92. The van der Waals surface area contributed by atoms with Gasteiger partial charge in [-0.2, -0.15) is 0 Å². The topological polar surface area (TPSA) is 44.4 Å². The Kier molecular flexibility index (Phi) is 3.54. The van der Waals surface area contributed by atoms with E-state index in [2.05, 4.69) is 17.6 Å². The average molecular weight is 185 g/mol. The Hall–Kier alpha value is -0.770. The van der Waals surface area contributed by atoms with Crippen LogP contribution in [0.2, 0.25) is 0 Å². The Balaban J connectivity index is 2.31. The summed E-state index contributed by atoms with van der Waals surface area (Å²) in [7, 11) is 3.53. The van der Waals surface area contributed by atoms with Gasteiger partial charge in [0.2, 0.25) is 0 Å². The number of rotatable bonds is 1. The highest BCUT2D eigenvalue weighted by atomic mass is 16.2. The van der Waals surface area contributed by atoms with Crippen LogP contribution in [0.3, 0.4) is 0 Å². The van der Waals surface area contributed by atoms with Crippen LogP contribution in [0.25, 0.3) is 0 Å². The molecule has 0 aromatic carbocycles. The Morgan fingerprint density at radius 2 is 2.23 bits per heavy atom. The summed E-state index contributed by atoms with van der Waals surface area (Å²) in [5.41, 5.74) is 0. The molecule has 2 unspecified atom stereocenters. The Bertz CT molecular complexity index is 182. The lowest BCUT2D eigenvalue weighted by atomic mass is 10.0. The van der Waals surface area contributed by atoms with Gasteiger partial charge in [-0.1, -0.05) is 0 Å². The number of amides is 2. The minimum absolute atomic E-state index is 0.0131. The van der Waals surface area contributed by atoms with Crippen molar-refractivity contribution in [2.45, 2.75) is 31.8 Å². The zero-order valence-corrected chi connectivity index (χ0v) is 8.63. The zero-order valence-electron chi connectivity index (χ0n) is 8.63. The van der Waals surface area contributed by atoms with Crippen molar-refractivity contribution in [2.24, 2.45) is 0 Å². The largest absolute Gasteiger partial charge is 0.335 e. The molecule has 1 aliphatic rings. The van der Waals surface area contributed by atoms with E-state index in [9.17, 15) is 4.79 Å². The quantitative estimate of drug-likeness (QED) is 0.621. The fourth-order valence-corrected chi connectivity index (χ4v) is 1.57. The van der Waals surface area contributed by atoms with Crippen molar-refractivity contribution >= 4 is 6.03 Å². The van der Waals surface area contributed by atoms with E-state index in [1.165, 1.54) is 0 Å². The summed E-state index contributed by atoms with van der Waals surface area (Å²) in [5.74, 6) is 0. The molecule has 4 nitrogen and oxygen atoms in total. The number of hydrogen-bond acceptors (Lipinski definition) is 2. The SMILES string of the molecule is CC1CC(NC(=O)N(C)C)CCN1. The van der Waals surface area contributed by atoms with E-state index in [1.54, 1.807) is 19.0 Å². The predicted molar refractivity (Wildman–Crippen MR) is 52.7 cm³/mol. The maximum atomic E-state index is 11.3. The molecular formula is C9H19N3O. The number of carbonyl (C=O) groups excluding carboxylic acids is 1. The van der Waals surface area contributed by atoms with E-state index in [0.29, 0.717) is 12.1 Å². The zero-order chi connectivity index (χ0) is 9.84. The van der Waals surface area contributed by atoms with Gasteiger partial charge in [-0.05, 0) is 26.3 Å². The molecule has 1 aliphatic heterocycles. The highest BCUT2D eigenvalue weighted by Gasteiger charge is 2.20. The average Bonchev–Trinajstić information content (AvgIpc) is 2.04. The van der Waals surface area contributed by atoms with Crippen molar-refractivity contribution < 1.29 is 4.79 Å². The predicted octanol–water partition coefficient (Wildman–Crippen LogP) is 0.398. The van der Waals surface area contributed by atoms with E-state index in [-0.39, 0.29) is 6.03 Å². The number of hydrogen-bond donors (Lipinski definition) is 2. The second-order valence-corrected chi connectivity index (χ2v) is 3.92. The molecule has 2 N–H and O–H groups in total. The number of urea groups is 1. The molecule has 1 heterocycles. The lowest BCUT2D eigenvalue weighted by molar-refractivity contribution is 0.207. The molecular weight excluding hydrogens is 166 g/mol. The van der Waals surface area contributed by atoms with Gasteiger partial charge in [-0.25, -0.2) is 4.79 Å². The third-order valence-corrected chi connectivity index (χ3v) is 2.36. The van der Waals surface area contributed by atoms with E-state index < -0.39 is 0 Å². The number of carbonyl (C=O) groups is 1. The van der Waals surface area contributed by atoms with Crippen molar-refractivity contribution in [1.82, 2.24) is 15.5 Å². The van der Waals surface area contributed by atoms with Crippen LogP contribution < -0.4 is 10.6 Å². The van der Waals surface area contributed by atoms with Gasteiger partial charge in [0.1, 0.15) is 0 Å². The fraction of sp³-hybridized carbons (Fsp3) is 0.889. The van der Waals surface area contributed by atoms with Crippen molar-refractivity contribution in [3.05, 3.63) is 0 Å². The molecule has 0 aromatic rings. The van der Waals surface area contributed by atoms with Crippen LogP contribution in [0.1, 0.15) is 19.8 Å². The van der Waals surface area contributed by atoms with Crippen LogP contribution >= 0.6 is 0 Å². The lowest BCUT2D eigenvalue weighted by Crippen LogP contribution is -2.49. The van der Waals surface area contributed by atoms with Gasteiger partial charge in [0.25, 0.3) is 0 Å². The second kappa shape index (κ2) is 4.46. The molecule has 0 spiro atoms. The van der Waals surface area contributed by atoms with Crippen LogP contribution in [0, 0.1) is 0 Å². The smallest absolute Gasteiger partial charge is 0.317 e. The number of piperidine rings is 1. The van der Waals surface area contributed by atoms with Gasteiger partial charge in [0.05, 0.1) is 0 Å². The summed E-state index contributed by atoms with van der Waals surface area (Å²) >= 11 is 0. The Labute approximate surface area is 79.7 Å². The van der Waals surface area contributed by atoms with Gasteiger partial charge in [-0.3, -0.25) is 0 Å². The molecule has 4 heteroatoms. The first-order chi connectivity index (χ1) is 6.09. The third kappa shape index (κ3) is 3.22. The van der Waals surface area contributed by atoms with Gasteiger partial charge >= 0.3 is 6.03 Å². The molecule has 1 fully saturated rings. The molecule has 0 aliphatic carbocycles. The first-order valence-electron chi connectivity index (χ1n) is 4.81. The highest BCUT2D eigenvalue weighted by molar-refractivity contribution is 5.73. The Morgan fingerprint density at radius 1 is 1.54 bits per heavy atom. The van der Waals surface area contributed by atoms with Gasteiger partial charge in [0.15, 0.2) is 0 Å². The van der Waals surface area contributed by atoms with Gasteiger partial charge in [-0.15, -0.1) is 0 Å². The maximum absolute atomic E-state index is 11.3. The monoisotopic (exact) mass is 185 g/mol. The molecule has 2 atom stereocenters. The standard InChI is InChI=1S/C9H19N3O/c1-7-6-8(4-5-10-7)11-9(13)12(2)3/h7-8,10H,4-6H2,1-3H3,(H,11,13). The van der Waals surface area contributed by atoms with Crippen molar-refractivity contribution in [1.29, 1.82) is 0 Å². The summed E-state index contributed by atoms with van der Waals surface area (Å²) < 4.78 is 0. The summed E-state index contributed by atoms with van der Waals surface area (Å²) in [5, 5.41) is 6.35.